The van der Waals surface area contributed by atoms with Crippen molar-refractivity contribution in [3.05, 3.63) is 64.2 Å². The standard InChI is InChI=1S/C20H20ClNOS/c1-13-10-15(3)20-18(11-13)14(2)12-19(22-20)24-9-8-23-17-6-4-16(21)5-7-17/h4-7,10-12H,8-9H2,1-3H3. The van der Waals surface area contributed by atoms with Crippen LogP contribution in [0.15, 0.2) is 47.5 Å². The molecule has 124 valence electrons. The minimum absolute atomic E-state index is 0.637. The molecular formula is C20H20ClNOS. The Morgan fingerprint density at radius 3 is 2.50 bits per heavy atom. The summed E-state index contributed by atoms with van der Waals surface area (Å²) in [7, 11) is 0. The Morgan fingerprint density at radius 1 is 1.00 bits per heavy atom. The summed E-state index contributed by atoms with van der Waals surface area (Å²) >= 11 is 7.59. The molecule has 0 saturated carbocycles. The first-order valence-electron chi connectivity index (χ1n) is 7.93. The van der Waals surface area contributed by atoms with Gasteiger partial charge in [-0.1, -0.05) is 23.2 Å². The zero-order valence-electron chi connectivity index (χ0n) is 14.1. The Hall–Kier alpha value is -1.71. The third kappa shape index (κ3) is 4.03. The minimum atomic E-state index is 0.637. The lowest BCUT2D eigenvalue weighted by molar-refractivity contribution is 0.344. The fourth-order valence-corrected chi connectivity index (χ4v) is 3.64. The van der Waals surface area contributed by atoms with Crippen LogP contribution in [0.5, 0.6) is 5.75 Å². The van der Waals surface area contributed by atoms with Gasteiger partial charge in [-0.3, -0.25) is 0 Å². The lowest BCUT2D eigenvalue weighted by atomic mass is 10.0. The third-order valence-corrected chi connectivity index (χ3v) is 4.97. The molecular weight excluding hydrogens is 338 g/mol. The number of aryl methyl sites for hydroxylation is 3. The second-order valence-electron chi connectivity index (χ2n) is 5.91. The summed E-state index contributed by atoms with van der Waals surface area (Å²) < 4.78 is 5.73. The summed E-state index contributed by atoms with van der Waals surface area (Å²) in [4.78, 5) is 4.82. The zero-order chi connectivity index (χ0) is 17.1. The second-order valence-corrected chi connectivity index (χ2v) is 7.46. The predicted molar refractivity (Wildman–Crippen MR) is 104 cm³/mol. The number of nitrogens with zero attached hydrogens (tertiary/aromatic N) is 1. The van der Waals surface area contributed by atoms with Gasteiger partial charge in [0, 0.05) is 16.2 Å². The third-order valence-electron chi connectivity index (χ3n) is 3.85. The van der Waals surface area contributed by atoms with E-state index in [1.54, 1.807) is 11.8 Å². The highest BCUT2D eigenvalue weighted by molar-refractivity contribution is 7.99. The van der Waals surface area contributed by atoms with E-state index in [9.17, 15) is 0 Å². The maximum atomic E-state index is 5.87. The normalized spacial score (nSPS) is 11.0. The van der Waals surface area contributed by atoms with E-state index in [0.717, 1.165) is 27.1 Å². The highest BCUT2D eigenvalue weighted by atomic mass is 35.5. The van der Waals surface area contributed by atoms with Crippen molar-refractivity contribution >= 4 is 34.3 Å². The lowest BCUT2D eigenvalue weighted by Gasteiger charge is -2.10. The van der Waals surface area contributed by atoms with Crippen LogP contribution in [0.3, 0.4) is 0 Å². The summed E-state index contributed by atoms with van der Waals surface area (Å²) in [6.45, 7) is 7.04. The van der Waals surface area contributed by atoms with Gasteiger partial charge in [0.25, 0.3) is 0 Å². The number of thioether (sulfide) groups is 1. The van der Waals surface area contributed by atoms with E-state index in [2.05, 4.69) is 39.0 Å². The Bertz CT molecular complexity index is 862. The van der Waals surface area contributed by atoms with Crippen molar-refractivity contribution in [2.45, 2.75) is 25.8 Å². The van der Waals surface area contributed by atoms with E-state index in [1.165, 1.54) is 22.1 Å². The van der Waals surface area contributed by atoms with Gasteiger partial charge in [-0.2, -0.15) is 0 Å². The highest BCUT2D eigenvalue weighted by Crippen LogP contribution is 2.27. The van der Waals surface area contributed by atoms with Crippen molar-refractivity contribution in [3.8, 4) is 5.75 Å². The molecule has 0 N–H and O–H groups in total. The van der Waals surface area contributed by atoms with Crippen LogP contribution in [-0.4, -0.2) is 17.3 Å². The van der Waals surface area contributed by atoms with E-state index in [0.29, 0.717) is 6.61 Å². The summed E-state index contributed by atoms with van der Waals surface area (Å²) in [6.07, 6.45) is 0. The number of hydrogen-bond donors (Lipinski definition) is 0. The van der Waals surface area contributed by atoms with Gasteiger partial charge in [0.2, 0.25) is 0 Å². The average Bonchev–Trinajstić information content (AvgIpc) is 2.54. The molecule has 24 heavy (non-hydrogen) atoms. The van der Waals surface area contributed by atoms with Crippen molar-refractivity contribution in [2.75, 3.05) is 12.4 Å². The van der Waals surface area contributed by atoms with Crippen LogP contribution in [-0.2, 0) is 0 Å². The maximum Gasteiger partial charge on any atom is 0.119 e. The monoisotopic (exact) mass is 357 g/mol. The first-order valence-corrected chi connectivity index (χ1v) is 9.29. The molecule has 1 aromatic heterocycles. The fourth-order valence-electron chi connectivity index (χ4n) is 2.72. The zero-order valence-corrected chi connectivity index (χ0v) is 15.7. The van der Waals surface area contributed by atoms with Crippen LogP contribution in [0.2, 0.25) is 5.02 Å². The lowest BCUT2D eigenvalue weighted by Crippen LogP contribution is -2.00. The molecule has 0 amide bonds. The van der Waals surface area contributed by atoms with Crippen LogP contribution in [0.1, 0.15) is 16.7 Å². The van der Waals surface area contributed by atoms with Gasteiger partial charge in [-0.15, -0.1) is 11.8 Å². The number of rotatable bonds is 5. The highest BCUT2D eigenvalue weighted by Gasteiger charge is 2.07. The minimum Gasteiger partial charge on any atom is -0.493 e. The molecule has 3 rings (SSSR count). The molecule has 0 aliphatic rings. The number of benzene rings is 2. The van der Waals surface area contributed by atoms with Crippen LogP contribution < -0.4 is 4.74 Å². The van der Waals surface area contributed by atoms with E-state index in [-0.39, 0.29) is 0 Å². The van der Waals surface area contributed by atoms with E-state index in [1.807, 2.05) is 24.3 Å². The van der Waals surface area contributed by atoms with Gasteiger partial charge in [0.15, 0.2) is 0 Å². The first kappa shape index (κ1) is 17.1. The molecule has 0 atom stereocenters. The molecule has 0 radical (unpaired) electrons. The largest absolute Gasteiger partial charge is 0.493 e. The van der Waals surface area contributed by atoms with Gasteiger partial charge in [-0.05, 0) is 68.3 Å². The van der Waals surface area contributed by atoms with Crippen molar-refractivity contribution in [1.82, 2.24) is 4.98 Å². The number of ether oxygens (including phenoxy) is 1. The van der Waals surface area contributed by atoms with Crippen LogP contribution in [0, 0.1) is 20.8 Å². The predicted octanol–water partition coefficient (Wildman–Crippen LogP) is 5.98. The molecule has 0 spiro atoms. The van der Waals surface area contributed by atoms with Gasteiger partial charge in [0.05, 0.1) is 17.1 Å². The molecule has 0 aliphatic heterocycles. The van der Waals surface area contributed by atoms with Crippen LogP contribution in [0.4, 0.5) is 0 Å². The van der Waals surface area contributed by atoms with Crippen LogP contribution in [0.25, 0.3) is 10.9 Å². The van der Waals surface area contributed by atoms with Gasteiger partial charge in [0.1, 0.15) is 5.75 Å². The Morgan fingerprint density at radius 2 is 1.75 bits per heavy atom. The van der Waals surface area contributed by atoms with Crippen molar-refractivity contribution in [2.24, 2.45) is 0 Å². The number of halogens is 1. The SMILES string of the molecule is Cc1cc(C)c2nc(SCCOc3ccc(Cl)cc3)cc(C)c2c1. The van der Waals surface area contributed by atoms with Gasteiger partial charge < -0.3 is 4.74 Å². The molecule has 0 bridgehead atoms. The van der Waals surface area contributed by atoms with Crippen LogP contribution >= 0.6 is 23.4 Å². The first-order chi connectivity index (χ1) is 11.5. The molecule has 0 fully saturated rings. The average molecular weight is 358 g/mol. The molecule has 0 unspecified atom stereocenters. The summed E-state index contributed by atoms with van der Waals surface area (Å²) in [5.74, 6) is 1.69. The molecule has 1 heterocycles. The summed E-state index contributed by atoms with van der Waals surface area (Å²) in [5, 5.41) is 3.01. The van der Waals surface area contributed by atoms with Gasteiger partial charge >= 0.3 is 0 Å². The Labute approximate surface area is 152 Å². The maximum absolute atomic E-state index is 5.87. The molecule has 3 aromatic rings. The van der Waals surface area contributed by atoms with Crippen molar-refractivity contribution in [3.63, 3.8) is 0 Å². The fraction of sp³-hybridized carbons (Fsp3) is 0.250. The molecule has 0 saturated heterocycles. The number of fused-ring (bicyclic) bond motifs is 1. The number of hydrogen-bond acceptors (Lipinski definition) is 3. The van der Waals surface area contributed by atoms with Crippen molar-refractivity contribution in [1.29, 1.82) is 0 Å². The molecule has 4 heteroatoms. The molecule has 2 aromatic carbocycles. The summed E-state index contributed by atoms with van der Waals surface area (Å²) in [6, 6.07) is 14.0. The smallest absolute Gasteiger partial charge is 0.119 e. The van der Waals surface area contributed by atoms with E-state index >= 15 is 0 Å². The number of aromatic nitrogens is 1. The molecule has 2 nitrogen and oxygen atoms in total. The quantitative estimate of drug-likeness (QED) is 0.414. The Balaban J connectivity index is 1.66. The molecule has 0 aliphatic carbocycles. The second kappa shape index (κ2) is 7.45. The number of pyridine rings is 1. The van der Waals surface area contributed by atoms with Crippen molar-refractivity contribution < 1.29 is 4.74 Å². The topological polar surface area (TPSA) is 22.1 Å². The van der Waals surface area contributed by atoms with Gasteiger partial charge in [-0.25, -0.2) is 4.98 Å². The van der Waals surface area contributed by atoms with E-state index < -0.39 is 0 Å². The van der Waals surface area contributed by atoms with E-state index in [4.69, 9.17) is 21.3 Å². The summed E-state index contributed by atoms with van der Waals surface area (Å²) in [5.41, 5.74) is 4.88. The Kier molecular flexibility index (Phi) is 5.32.